The van der Waals surface area contributed by atoms with E-state index in [9.17, 15) is 9.50 Å². The van der Waals surface area contributed by atoms with Crippen molar-refractivity contribution in [2.24, 2.45) is 0 Å². The average molecular weight is 348 g/mol. The molecule has 0 fully saturated rings. The third-order valence-electron chi connectivity index (χ3n) is 3.11. The molecule has 0 aliphatic heterocycles. The number of nitrogens with zero attached hydrogens (tertiary/aromatic N) is 1. The van der Waals surface area contributed by atoms with Gasteiger partial charge in [-0.3, -0.25) is 0 Å². The number of aliphatic hydroxyl groups excluding tert-OH is 1. The van der Waals surface area contributed by atoms with Crippen molar-refractivity contribution in [3.63, 3.8) is 0 Å². The number of halogens is 2. The Morgan fingerprint density at radius 2 is 1.90 bits per heavy atom. The third kappa shape index (κ3) is 2.75. The fourth-order valence-corrected chi connectivity index (χ4v) is 2.42. The van der Waals surface area contributed by atoms with E-state index < -0.39 is 0 Å². The molecule has 0 amide bonds. The number of rotatable bonds is 3. The SMILES string of the molecule is OCc1cnc(Oc2cc(F)ccc2Br)c2ccccc12. The number of hydrogen-bond donors (Lipinski definition) is 1. The Bertz CT molecular complexity index is 807. The van der Waals surface area contributed by atoms with Crippen molar-refractivity contribution in [2.75, 3.05) is 0 Å². The standard InChI is InChI=1S/C16H11BrFNO2/c17-14-6-5-11(18)7-15(14)21-16-13-4-2-1-3-12(13)10(9-20)8-19-16/h1-8,20H,9H2. The summed E-state index contributed by atoms with van der Waals surface area (Å²) in [6.45, 7) is -0.0997. The molecule has 2 aromatic carbocycles. The summed E-state index contributed by atoms with van der Waals surface area (Å²) >= 11 is 3.32. The van der Waals surface area contributed by atoms with E-state index in [0.29, 0.717) is 16.1 Å². The lowest BCUT2D eigenvalue weighted by atomic mass is 10.1. The van der Waals surface area contributed by atoms with Crippen molar-refractivity contribution in [1.82, 2.24) is 4.98 Å². The Kier molecular flexibility index (Phi) is 3.86. The van der Waals surface area contributed by atoms with Crippen LogP contribution in [0.15, 0.2) is 53.1 Å². The maximum Gasteiger partial charge on any atom is 0.227 e. The maximum absolute atomic E-state index is 13.3. The Balaban J connectivity index is 2.11. The van der Waals surface area contributed by atoms with Gasteiger partial charge in [-0.15, -0.1) is 0 Å². The Morgan fingerprint density at radius 1 is 1.14 bits per heavy atom. The number of ether oxygens (including phenoxy) is 1. The third-order valence-corrected chi connectivity index (χ3v) is 3.77. The van der Waals surface area contributed by atoms with E-state index >= 15 is 0 Å². The molecule has 0 aliphatic rings. The fourth-order valence-electron chi connectivity index (χ4n) is 2.09. The highest BCUT2D eigenvalue weighted by Crippen LogP contribution is 2.33. The second-order valence-corrected chi connectivity index (χ2v) is 5.32. The molecule has 0 atom stereocenters. The molecule has 0 radical (unpaired) electrons. The molecule has 1 aromatic heterocycles. The van der Waals surface area contributed by atoms with Crippen molar-refractivity contribution in [3.05, 3.63) is 64.5 Å². The Labute approximate surface area is 129 Å². The lowest BCUT2D eigenvalue weighted by Crippen LogP contribution is -1.94. The van der Waals surface area contributed by atoms with Crippen LogP contribution < -0.4 is 4.74 Å². The maximum atomic E-state index is 13.3. The minimum atomic E-state index is -0.385. The van der Waals surface area contributed by atoms with Gasteiger partial charge in [-0.2, -0.15) is 0 Å². The number of fused-ring (bicyclic) bond motifs is 1. The van der Waals surface area contributed by atoms with Crippen molar-refractivity contribution < 1.29 is 14.2 Å². The summed E-state index contributed by atoms with van der Waals surface area (Å²) in [4.78, 5) is 4.22. The topological polar surface area (TPSA) is 42.4 Å². The van der Waals surface area contributed by atoms with E-state index in [0.717, 1.165) is 16.3 Å². The van der Waals surface area contributed by atoms with Crippen LogP contribution in [-0.4, -0.2) is 10.1 Å². The first-order valence-electron chi connectivity index (χ1n) is 6.29. The number of hydrogen-bond acceptors (Lipinski definition) is 3. The van der Waals surface area contributed by atoms with Gasteiger partial charge in [-0.1, -0.05) is 18.2 Å². The molecule has 0 saturated carbocycles. The summed E-state index contributed by atoms with van der Waals surface area (Å²) in [5, 5.41) is 11.0. The normalized spacial score (nSPS) is 10.8. The van der Waals surface area contributed by atoms with Gasteiger partial charge in [0.25, 0.3) is 0 Å². The molecule has 0 unspecified atom stereocenters. The van der Waals surface area contributed by atoms with Crippen LogP contribution in [0, 0.1) is 5.82 Å². The van der Waals surface area contributed by atoms with Crippen molar-refractivity contribution in [3.8, 4) is 11.6 Å². The first-order valence-corrected chi connectivity index (χ1v) is 7.08. The molecule has 3 nitrogen and oxygen atoms in total. The van der Waals surface area contributed by atoms with Gasteiger partial charge in [-0.25, -0.2) is 9.37 Å². The monoisotopic (exact) mass is 347 g/mol. The predicted molar refractivity (Wildman–Crippen MR) is 81.8 cm³/mol. The van der Waals surface area contributed by atoms with Gasteiger partial charge < -0.3 is 9.84 Å². The minimum Gasteiger partial charge on any atom is -0.437 e. The van der Waals surface area contributed by atoms with Crippen LogP contribution in [0.25, 0.3) is 10.8 Å². The molecule has 1 heterocycles. The summed E-state index contributed by atoms with van der Waals surface area (Å²) in [6.07, 6.45) is 1.56. The van der Waals surface area contributed by atoms with Crippen LogP contribution in [0.5, 0.6) is 11.6 Å². The molecule has 0 aliphatic carbocycles. The molecule has 3 rings (SSSR count). The molecular formula is C16H11BrFNO2. The van der Waals surface area contributed by atoms with Gasteiger partial charge in [0.05, 0.1) is 11.1 Å². The van der Waals surface area contributed by atoms with Gasteiger partial charge in [0.1, 0.15) is 11.6 Å². The van der Waals surface area contributed by atoms with Crippen LogP contribution in [0.1, 0.15) is 5.56 Å². The lowest BCUT2D eigenvalue weighted by molar-refractivity contribution is 0.282. The van der Waals surface area contributed by atoms with E-state index in [1.165, 1.54) is 12.1 Å². The van der Waals surface area contributed by atoms with Gasteiger partial charge >= 0.3 is 0 Å². The smallest absolute Gasteiger partial charge is 0.227 e. The van der Waals surface area contributed by atoms with Crippen LogP contribution in [0.4, 0.5) is 4.39 Å². The molecular weight excluding hydrogens is 337 g/mol. The average Bonchev–Trinajstić information content (AvgIpc) is 2.51. The predicted octanol–water partition coefficient (Wildman–Crippen LogP) is 4.42. The van der Waals surface area contributed by atoms with Gasteiger partial charge in [-0.05, 0) is 39.5 Å². The van der Waals surface area contributed by atoms with Gasteiger partial charge in [0.15, 0.2) is 0 Å². The number of aromatic nitrogens is 1. The minimum absolute atomic E-state index is 0.0997. The number of aliphatic hydroxyl groups is 1. The summed E-state index contributed by atoms with van der Waals surface area (Å²) in [6, 6.07) is 11.7. The van der Waals surface area contributed by atoms with Crippen LogP contribution >= 0.6 is 15.9 Å². The quantitative estimate of drug-likeness (QED) is 0.762. The number of pyridine rings is 1. The Hall–Kier alpha value is -1.98. The van der Waals surface area contributed by atoms with Crippen LogP contribution in [0.3, 0.4) is 0 Å². The zero-order valence-corrected chi connectivity index (χ0v) is 12.5. The van der Waals surface area contributed by atoms with Gasteiger partial charge in [0.2, 0.25) is 5.88 Å². The van der Waals surface area contributed by atoms with Crippen molar-refractivity contribution in [2.45, 2.75) is 6.61 Å². The van der Waals surface area contributed by atoms with Gasteiger partial charge in [0, 0.05) is 23.2 Å². The number of benzene rings is 2. The van der Waals surface area contributed by atoms with Crippen LogP contribution in [-0.2, 0) is 6.61 Å². The first-order chi connectivity index (χ1) is 10.2. The first kappa shape index (κ1) is 14.0. The second kappa shape index (κ2) is 5.79. The van der Waals surface area contributed by atoms with Crippen molar-refractivity contribution in [1.29, 1.82) is 0 Å². The van der Waals surface area contributed by atoms with E-state index in [-0.39, 0.29) is 12.4 Å². The molecule has 3 aromatic rings. The molecule has 21 heavy (non-hydrogen) atoms. The highest BCUT2D eigenvalue weighted by atomic mass is 79.9. The lowest BCUT2D eigenvalue weighted by Gasteiger charge is -2.11. The fraction of sp³-hybridized carbons (Fsp3) is 0.0625. The Morgan fingerprint density at radius 3 is 2.67 bits per heavy atom. The van der Waals surface area contributed by atoms with Crippen molar-refractivity contribution >= 4 is 26.7 Å². The molecule has 1 N–H and O–H groups in total. The zero-order chi connectivity index (χ0) is 14.8. The molecule has 5 heteroatoms. The largest absolute Gasteiger partial charge is 0.437 e. The van der Waals surface area contributed by atoms with Crippen LogP contribution in [0.2, 0.25) is 0 Å². The molecule has 0 saturated heterocycles. The zero-order valence-electron chi connectivity index (χ0n) is 10.9. The summed E-state index contributed by atoms with van der Waals surface area (Å²) in [7, 11) is 0. The molecule has 0 spiro atoms. The highest BCUT2D eigenvalue weighted by molar-refractivity contribution is 9.10. The summed E-state index contributed by atoms with van der Waals surface area (Å²) < 4.78 is 19.7. The van der Waals surface area contributed by atoms with E-state index in [4.69, 9.17) is 4.74 Å². The molecule has 0 bridgehead atoms. The van der Waals surface area contributed by atoms with E-state index in [1.807, 2.05) is 24.3 Å². The summed E-state index contributed by atoms with van der Waals surface area (Å²) in [5.74, 6) is 0.336. The second-order valence-electron chi connectivity index (χ2n) is 4.47. The van der Waals surface area contributed by atoms with E-state index in [2.05, 4.69) is 20.9 Å². The highest BCUT2D eigenvalue weighted by Gasteiger charge is 2.11. The van der Waals surface area contributed by atoms with E-state index in [1.54, 1.807) is 12.3 Å². The molecule has 106 valence electrons. The summed E-state index contributed by atoms with van der Waals surface area (Å²) in [5.41, 5.74) is 0.719.